The molecule has 1 N–H and O–H groups in total. The van der Waals surface area contributed by atoms with Crippen LogP contribution >= 0.6 is 0 Å². The lowest BCUT2D eigenvalue weighted by atomic mass is 10.1. The van der Waals surface area contributed by atoms with Gasteiger partial charge in [0.05, 0.1) is 12.0 Å². The third-order valence-corrected chi connectivity index (χ3v) is 3.30. The molecule has 1 atom stereocenters. The Kier molecular flexibility index (Phi) is 3.41. The second kappa shape index (κ2) is 4.79. The molecule has 2 rings (SSSR count). The normalized spacial score (nSPS) is 18.0. The van der Waals surface area contributed by atoms with E-state index >= 15 is 0 Å². The SMILES string of the molecule is CCC(CC1CC1)NCc1cncn1C. The van der Waals surface area contributed by atoms with E-state index in [1.165, 1.54) is 31.4 Å². The average molecular weight is 207 g/mol. The molecular weight excluding hydrogens is 186 g/mol. The maximum Gasteiger partial charge on any atom is 0.0945 e. The Morgan fingerprint density at radius 3 is 2.93 bits per heavy atom. The largest absolute Gasteiger partial charge is 0.337 e. The Morgan fingerprint density at radius 1 is 1.60 bits per heavy atom. The number of imidazole rings is 1. The monoisotopic (exact) mass is 207 g/mol. The molecule has 3 heteroatoms. The van der Waals surface area contributed by atoms with Crippen molar-refractivity contribution >= 4 is 0 Å². The van der Waals surface area contributed by atoms with E-state index in [1.807, 2.05) is 19.6 Å². The van der Waals surface area contributed by atoms with Gasteiger partial charge in [-0.15, -0.1) is 0 Å². The summed E-state index contributed by atoms with van der Waals surface area (Å²) in [5, 5.41) is 3.62. The minimum atomic E-state index is 0.687. The van der Waals surface area contributed by atoms with Crippen LogP contribution in [0.25, 0.3) is 0 Å². The van der Waals surface area contributed by atoms with Gasteiger partial charge < -0.3 is 9.88 Å². The zero-order valence-electron chi connectivity index (χ0n) is 9.74. The summed E-state index contributed by atoms with van der Waals surface area (Å²) in [6.07, 6.45) is 9.28. The third-order valence-electron chi connectivity index (χ3n) is 3.30. The van der Waals surface area contributed by atoms with Gasteiger partial charge in [0.15, 0.2) is 0 Å². The first-order valence-corrected chi connectivity index (χ1v) is 5.98. The van der Waals surface area contributed by atoms with Crippen LogP contribution in [0.4, 0.5) is 0 Å². The molecule has 0 radical (unpaired) electrons. The van der Waals surface area contributed by atoms with Gasteiger partial charge in [0.25, 0.3) is 0 Å². The molecule has 1 heterocycles. The van der Waals surface area contributed by atoms with E-state index in [0.29, 0.717) is 6.04 Å². The predicted octanol–water partition coefficient (Wildman–Crippen LogP) is 2.09. The van der Waals surface area contributed by atoms with Gasteiger partial charge in [-0.05, 0) is 18.8 Å². The van der Waals surface area contributed by atoms with Crippen LogP contribution in [0.2, 0.25) is 0 Å². The van der Waals surface area contributed by atoms with Gasteiger partial charge in [-0.2, -0.15) is 0 Å². The molecule has 0 bridgehead atoms. The molecule has 0 aromatic carbocycles. The van der Waals surface area contributed by atoms with Crippen molar-refractivity contribution < 1.29 is 0 Å². The topological polar surface area (TPSA) is 29.9 Å². The van der Waals surface area contributed by atoms with Crippen molar-refractivity contribution in [2.45, 2.75) is 45.2 Å². The first kappa shape index (κ1) is 10.7. The van der Waals surface area contributed by atoms with Gasteiger partial charge in [-0.3, -0.25) is 0 Å². The van der Waals surface area contributed by atoms with Crippen molar-refractivity contribution in [3.63, 3.8) is 0 Å². The van der Waals surface area contributed by atoms with Crippen molar-refractivity contribution in [2.75, 3.05) is 0 Å². The predicted molar refractivity (Wildman–Crippen MR) is 61.5 cm³/mol. The number of rotatable bonds is 6. The Bertz CT molecular complexity index is 302. The van der Waals surface area contributed by atoms with Crippen LogP contribution in [0, 0.1) is 5.92 Å². The summed E-state index contributed by atoms with van der Waals surface area (Å²) in [6, 6.07) is 0.687. The standard InChI is InChI=1S/C12H21N3/c1-3-11(6-10-4-5-10)14-8-12-7-13-9-15(12)2/h7,9-11,14H,3-6,8H2,1-2H3. The van der Waals surface area contributed by atoms with E-state index in [1.54, 1.807) is 0 Å². The molecule has 3 nitrogen and oxygen atoms in total. The lowest BCUT2D eigenvalue weighted by molar-refractivity contribution is 0.439. The van der Waals surface area contributed by atoms with E-state index in [4.69, 9.17) is 0 Å². The maximum atomic E-state index is 4.12. The summed E-state index contributed by atoms with van der Waals surface area (Å²) < 4.78 is 2.08. The summed E-state index contributed by atoms with van der Waals surface area (Å²) in [5.41, 5.74) is 1.27. The highest BCUT2D eigenvalue weighted by Gasteiger charge is 2.24. The lowest BCUT2D eigenvalue weighted by Gasteiger charge is -2.16. The van der Waals surface area contributed by atoms with Crippen molar-refractivity contribution in [3.8, 4) is 0 Å². The first-order valence-electron chi connectivity index (χ1n) is 5.98. The molecule has 1 fully saturated rings. The van der Waals surface area contributed by atoms with E-state index in [0.717, 1.165) is 12.5 Å². The Hall–Kier alpha value is -0.830. The van der Waals surface area contributed by atoms with Crippen molar-refractivity contribution in [3.05, 3.63) is 18.2 Å². The van der Waals surface area contributed by atoms with Gasteiger partial charge >= 0.3 is 0 Å². The molecular formula is C12H21N3. The van der Waals surface area contributed by atoms with Gasteiger partial charge in [-0.1, -0.05) is 19.8 Å². The second-order valence-electron chi connectivity index (χ2n) is 4.66. The van der Waals surface area contributed by atoms with Gasteiger partial charge in [0, 0.05) is 25.8 Å². The number of aromatic nitrogens is 2. The van der Waals surface area contributed by atoms with Crippen LogP contribution in [0.15, 0.2) is 12.5 Å². The minimum absolute atomic E-state index is 0.687. The fourth-order valence-electron chi connectivity index (χ4n) is 1.95. The highest BCUT2D eigenvalue weighted by molar-refractivity contribution is 4.97. The van der Waals surface area contributed by atoms with Crippen molar-refractivity contribution in [1.29, 1.82) is 0 Å². The number of hydrogen-bond donors (Lipinski definition) is 1. The van der Waals surface area contributed by atoms with Crippen LogP contribution in [0.5, 0.6) is 0 Å². The quantitative estimate of drug-likeness (QED) is 0.774. The summed E-state index contributed by atoms with van der Waals surface area (Å²) in [7, 11) is 2.05. The van der Waals surface area contributed by atoms with Crippen LogP contribution in [0.3, 0.4) is 0 Å². The lowest BCUT2D eigenvalue weighted by Crippen LogP contribution is -2.29. The Labute approximate surface area is 91.9 Å². The Balaban J connectivity index is 1.77. The highest BCUT2D eigenvalue weighted by atomic mass is 15.0. The van der Waals surface area contributed by atoms with Crippen LogP contribution < -0.4 is 5.32 Å². The number of hydrogen-bond acceptors (Lipinski definition) is 2. The summed E-state index contributed by atoms with van der Waals surface area (Å²) in [4.78, 5) is 4.12. The molecule has 1 aromatic rings. The maximum absolute atomic E-state index is 4.12. The molecule has 1 aliphatic rings. The third kappa shape index (κ3) is 3.06. The molecule has 1 aromatic heterocycles. The van der Waals surface area contributed by atoms with E-state index < -0.39 is 0 Å². The number of nitrogens with one attached hydrogen (secondary N) is 1. The van der Waals surface area contributed by atoms with Crippen LogP contribution in [-0.2, 0) is 13.6 Å². The average Bonchev–Trinajstić information content (AvgIpc) is 2.96. The van der Waals surface area contributed by atoms with E-state index in [9.17, 15) is 0 Å². The summed E-state index contributed by atoms with van der Waals surface area (Å²) >= 11 is 0. The zero-order chi connectivity index (χ0) is 10.7. The molecule has 84 valence electrons. The molecule has 0 spiro atoms. The number of aryl methyl sites for hydroxylation is 1. The van der Waals surface area contributed by atoms with Gasteiger partial charge in [0.1, 0.15) is 0 Å². The first-order chi connectivity index (χ1) is 7.29. The molecule has 1 aliphatic carbocycles. The molecule has 1 unspecified atom stereocenters. The van der Waals surface area contributed by atoms with E-state index in [-0.39, 0.29) is 0 Å². The Morgan fingerprint density at radius 2 is 2.40 bits per heavy atom. The molecule has 1 saturated carbocycles. The van der Waals surface area contributed by atoms with E-state index in [2.05, 4.69) is 21.8 Å². The molecule has 0 aliphatic heterocycles. The van der Waals surface area contributed by atoms with Crippen molar-refractivity contribution in [1.82, 2.24) is 14.9 Å². The van der Waals surface area contributed by atoms with Crippen molar-refractivity contribution in [2.24, 2.45) is 13.0 Å². The highest BCUT2D eigenvalue weighted by Crippen LogP contribution is 2.34. The molecule has 0 amide bonds. The van der Waals surface area contributed by atoms with Gasteiger partial charge in [0.2, 0.25) is 0 Å². The fourth-order valence-corrected chi connectivity index (χ4v) is 1.95. The summed E-state index contributed by atoms with van der Waals surface area (Å²) in [5.74, 6) is 1.01. The second-order valence-corrected chi connectivity index (χ2v) is 4.66. The van der Waals surface area contributed by atoms with Crippen LogP contribution in [0.1, 0.15) is 38.3 Å². The minimum Gasteiger partial charge on any atom is -0.337 e. The van der Waals surface area contributed by atoms with Gasteiger partial charge in [-0.25, -0.2) is 4.98 Å². The zero-order valence-corrected chi connectivity index (χ0v) is 9.74. The molecule has 0 saturated heterocycles. The fraction of sp³-hybridized carbons (Fsp3) is 0.750. The number of nitrogens with zero attached hydrogens (tertiary/aromatic N) is 2. The van der Waals surface area contributed by atoms with Crippen LogP contribution in [-0.4, -0.2) is 15.6 Å². The smallest absolute Gasteiger partial charge is 0.0945 e. The summed E-state index contributed by atoms with van der Waals surface area (Å²) in [6.45, 7) is 3.21. The molecule has 15 heavy (non-hydrogen) atoms.